The van der Waals surface area contributed by atoms with Gasteiger partial charge in [0.15, 0.2) is 0 Å². The Morgan fingerprint density at radius 1 is 0.917 bits per heavy atom. The van der Waals surface area contributed by atoms with E-state index in [-0.39, 0.29) is 18.9 Å². The van der Waals surface area contributed by atoms with Crippen molar-refractivity contribution in [3.63, 3.8) is 0 Å². The van der Waals surface area contributed by atoms with Crippen LogP contribution in [0.2, 0.25) is 0 Å². The van der Waals surface area contributed by atoms with Crippen LogP contribution in [0, 0.1) is 0 Å². The predicted octanol–water partition coefficient (Wildman–Crippen LogP) is 4.65. The summed E-state index contributed by atoms with van der Waals surface area (Å²) in [5.74, 6) is -2.54. The molecule has 0 rings (SSSR count). The summed E-state index contributed by atoms with van der Waals surface area (Å²) in [6.45, 7) is 3.98. The fraction of sp³-hybridized carbons (Fsp3) is 1.00. The molecule has 0 aliphatic rings. The summed E-state index contributed by atoms with van der Waals surface area (Å²) in [6.07, 6.45) is 6.51. The summed E-state index contributed by atoms with van der Waals surface area (Å²) in [4.78, 5) is 0. The number of aliphatic hydroxyl groups excluding tert-OH is 2. The number of alkyl halides is 2. The Hall–Kier alpha value is -0.260. The molecule has 5 heteroatoms. The average Bonchev–Trinajstić information content (AvgIpc) is 2.53. The molecule has 0 aliphatic heterocycles. The smallest absolute Gasteiger partial charge is 0.248 e. The van der Waals surface area contributed by atoms with Gasteiger partial charge in [-0.25, -0.2) is 8.78 Å². The van der Waals surface area contributed by atoms with Crippen LogP contribution in [0.25, 0.3) is 0 Å². The topological polar surface area (TPSA) is 52.5 Å². The molecule has 0 fully saturated rings. The van der Waals surface area contributed by atoms with Gasteiger partial charge in [0.2, 0.25) is 5.92 Å². The third-order valence-electron chi connectivity index (χ3n) is 4.77. The van der Waals surface area contributed by atoms with E-state index in [1.807, 2.05) is 6.92 Å². The molecule has 3 nitrogen and oxygen atoms in total. The van der Waals surface area contributed by atoms with Crippen molar-refractivity contribution < 1.29 is 19.0 Å². The largest absolute Gasteiger partial charge is 0.393 e. The molecule has 0 spiro atoms. The normalized spacial score (nSPS) is 16.1. The third-order valence-corrected chi connectivity index (χ3v) is 4.77. The van der Waals surface area contributed by atoms with E-state index in [0.717, 1.165) is 32.1 Å². The summed E-state index contributed by atoms with van der Waals surface area (Å²) < 4.78 is 27.5. The first kappa shape index (κ1) is 23.7. The quantitative estimate of drug-likeness (QED) is 0.355. The number of hydrogen-bond acceptors (Lipinski definition) is 3. The van der Waals surface area contributed by atoms with Crippen LogP contribution in [0.4, 0.5) is 8.78 Å². The number of nitrogens with one attached hydrogen (secondary N) is 1. The molecular formula is C19H39F2NO2. The third kappa shape index (κ3) is 13.1. The molecule has 0 aromatic carbocycles. The molecule has 0 saturated heterocycles. The molecule has 24 heavy (non-hydrogen) atoms. The maximum atomic E-state index is 13.7. The maximum absolute atomic E-state index is 13.7. The highest BCUT2D eigenvalue weighted by molar-refractivity contribution is 4.73. The Kier molecular flexibility index (Phi) is 13.8. The highest BCUT2D eigenvalue weighted by Crippen LogP contribution is 2.28. The lowest BCUT2D eigenvalue weighted by molar-refractivity contribution is -0.0208. The Morgan fingerprint density at radius 2 is 1.46 bits per heavy atom. The second-order valence-corrected chi connectivity index (χ2v) is 7.15. The van der Waals surface area contributed by atoms with Gasteiger partial charge < -0.3 is 15.5 Å². The zero-order valence-electron chi connectivity index (χ0n) is 15.9. The summed E-state index contributed by atoms with van der Waals surface area (Å²) in [6, 6.07) is -0.0596. The number of aliphatic hydroxyl groups is 2. The van der Waals surface area contributed by atoms with Crippen molar-refractivity contribution in [2.75, 3.05) is 7.05 Å². The molecule has 0 aromatic rings. The number of unbranched alkanes of at least 4 members (excludes halogenated alkanes) is 6. The molecule has 0 aromatic heterocycles. The number of halogens is 2. The van der Waals surface area contributed by atoms with Crippen molar-refractivity contribution in [2.24, 2.45) is 0 Å². The number of rotatable bonds is 16. The molecule has 0 aliphatic carbocycles. The second kappa shape index (κ2) is 14.0. The molecule has 2 unspecified atom stereocenters. The standard InChI is InChI=1S/C19H39F2NO2/c1-4-5-6-7-10-13-19(20,21)14-11-8-9-12-17(23)15-18(24)16(2)22-3/h16-18,22-24H,4-15H2,1-3H3/t16-,17?,18?/m0/s1. The van der Waals surface area contributed by atoms with Gasteiger partial charge in [0.25, 0.3) is 0 Å². The molecule has 3 atom stereocenters. The lowest BCUT2D eigenvalue weighted by Gasteiger charge is -2.21. The summed E-state index contributed by atoms with van der Waals surface area (Å²) in [5, 5.41) is 22.6. The molecule has 3 N–H and O–H groups in total. The van der Waals surface area contributed by atoms with Crippen LogP contribution in [0.15, 0.2) is 0 Å². The average molecular weight is 352 g/mol. The minimum absolute atomic E-state index is 0.00738. The Balaban J connectivity index is 3.65. The van der Waals surface area contributed by atoms with Crippen molar-refractivity contribution in [2.45, 2.75) is 115 Å². The van der Waals surface area contributed by atoms with Crippen molar-refractivity contribution >= 4 is 0 Å². The van der Waals surface area contributed by atoms with E-state index >= 15 is 0 Å². The molecule has 146 valence electrons. The molecular weight excluding hydrogens is 312 g/mol. The minimum atomic E-state index is -2.54. The van der Waals surface area contributed by atoms with E-state index in [9.17, 15) is 19.0 Å². The fourth-order valence-corrected chi connectivity index (χ4v) is 2.85. The lowest BCUT2D eigenvalue weighted by Crippen LogP contribution is -2.37. The summed E-state index contributed by atoms with van der Waals surface area (Å²) >= 11 is 0. The lowest BCUT2D eigenvalue weighted by atomic mass is 9.99. The minimum Gasteiger partial charge on any atom is -0.393 e. The van der Waals surface area contributed by atoms with Crippen molar-refractivity contribution in [1.29, 1.82) is 0 Å². The van der Waals surface area contributed by atoms with Gasteiger partial charge in [0, 0.05) is 25.3 Å². The van der Waals surface area contributed by atoms with Crippen molar-refractivity contribution in [1.82, 2.24) is 5.32 Å². The van der Waals surface area contributed by atoms with Gasteiger partial charge in [-0.2, -0.15) is 0 Å². The molecule has 0 radical (unpaired) electrons. The van der Waals surface area contributed by atoms with Crippen LogP contribution < -0.4 is 5.32 Å². The van der Waals surface area contributed by atoms with Crippen molar-refractivity contribution in [3.8, 4) is 0 Å². The van der Waals surface area contributed by atoms with E-state index < -0.39 is 18.1 Å². The predicted molar refractivity (Wildman–Crippen MR) is 96.6 cm³/mol. The second-order valence-electron chi connectivity index (χ2n) is 7.15. The molecule has 0 saturated carbocycles. The summed E-state index contributed by atoms with van der Waals surface area (Å²) in [5.41, 5.74) is 0. The Labute approximate surface area is 147 Å². The first-order valence-electron chi connectivity index (χ1n) is 9.73. The van der Waals surface area contributed by atoms with Gasteiger partial charge in [-0.1, -0.05) is 45.4 Å². The maximum Gasteiger partial charge on any atom is 0.248 e. The highest BCUT2D eigenvalue weighted by Gasteiger charge is 2.27. The van der Waals surface area contributed by atoms with E-state index in [2.05, 4.69) is 12.2 Å². The van der Waals surface area contributed by atoms with Gasteiger partial charge in [0.05, 0.1) is 12.2 Å². The van der Waals surface area contributed by atoms with E-state index in [4.69, 9.17) is 0 Å². The highest BCUT2D eigenvalue weighted by atomic mass is 19.3. The van der Waals surface area contributed by atoms with E-state index in [1.54, 1.807) is 7.05 Å². The van der Waals surface area contributed by atoms with E-state index in [0.29, 0.717) is 32.1 Å². The van der Waals surface area contributed by atoms with Gasteiger partial charge in [0.1, 0.15) is 0 Å². The number of likely N-dealkylation sites (N-methyl/N-ethyl adjacent to an activating group) is 1. The van der Waals surface area contributed by atoms with Crippen LogP contribution in [-0.2, 0) is 0 Å². The monoisotopic (exact) mass is 351 g/mol. The van der Waals surface area contributed by atoms with Gasteiger partial charge in [-0.15, -0.1) is 0 Å². The zero-order chi connectivity index (χ0) is 18.4. The van der Waals surface area contributed by atoms with E-state index in [1.165, 1.54) is 0 Å². The molecule has 0 amide bonds. The summed E-state index contributed by atoms with van der Waals surface area (Å²) in [7, 11) is 1.77. The van der Waals surface area contributed by atoms with Crippen molar-refractivity contribution in [3.05, 3.63) is 0 Å². The Morgan fingerprint density at radius 3 is 2.00 bits per heavy atom. The van der Waals surface area contributed by atoms with Crippen LogP contribution in [0.3, 0.4) is 0 Å². The fourth-order valence-electron chi connectivity index (χ4n) is 2.85. The Bertz CT molecular complexity index is 291. The van der Waals surface area contributed by atoms with Crippen LogP contribution in [0.5, 0.6) is 0 Å². The van der Waals surface area contributed by atoms with Gasteiger partial charge in [-0.3, -0.25) is 0 Å². The molecule has 0 heterocycles. The zero-order valence-corrected chi connectivity index (χ0v) is 15.9. The van der Waals surface area contributed by atoms with Crippen LogP contribution in [0.1, 0.15) is 90.9 Å². The SMILES string of the molecule is CCCCCCCC(F)(F)CCCCCC(O)CC(O)[C@H](C)NC. The first-order valence-corrected chi connectivity index (χ1v) is 9.73. The van der Waals surface area contributed by atoms with Crippen LogP contribution >= 0.6 is 0 Å². The first-order chi connectivity index (χ1) is 11.3. The van der Waals surface area contributed by atoms with Gasteiger partial charge >= 0.3 is 0 Å². The van der Waals surface area contributed by atoms with Crippen LogP contribution in [-0.4, -0.2) is 41.4 Å². The molecule has 0 bridgehead atoms. The number of hydrogen-bond donors (Lipinski definition) is 3. The van der Waals surface area contributed by atoms with Gasteiger partial charge in [-0.05, 0) is 33.2 Å².